The number of likely N-dealkylation sites (tertiary alicyclic amines) is 1. The summed E-state index contributed by atoms with van der Waals surface area (Å²) in [5.41, 5.74) is -0.469. The van der Waals surface area contributed by atoms with Gasteiger partial charge in [0.15, 0.2) is 0 Å². The number of nitrogens with zero attached hydrogens (tertiary/aromatic N) is 1. The number of hydrogen-bond acceptors (Lipinski definition) is 6. The molecular formula is C16H23LiNO5S-. The number of rotatable bonds is 3. The number of carbonyl (C=O) groups excluding carboxylic acids is 2. The van der Waals surface area contributed by atoms with Gasteiger partial charge in [-0.25, -0.2) is 4.79 Å². The normalized spacial score (nSPS) is 15.1. The maximum Gasteiger partial charge on any atom is 1.00 e. The summed E-state index contributed by atoms with van der Waals surface area (Å²) in [5.74, 6) is 0.934. The Kier molecular flexibility index (Phi) is 9.08. The van der Waals surface area contributed by atoms with Gasteiger partial charge in [-0.05, 0) is 50.2 Å². The Balaban J connectivity index is 0.00000264. The summed E-state index contributed by atoms with van der Waals surface area (Å²) in [6.45, 7) is 6.94. The number of ether oxygens (including phenoxy) is 2. The first kappa shape index (κ1) is 23.0. The number of amides is 1. The van der Waals surface area contributed by atoms with Gasteiger partial charge >= 0.3 is 25.0 Å². The first-order valence-corrected chi connectivity index (χ1v) is 8.19. The Labute approximate surface area is 159 Å². The summed E-state index contributed by atoms with van der Waals surface area (Å²) in [6.07, 6.45) is 3.39. The van der Waals surface area contributed by atoms with E-state index in [2.05, 4.69) is 0 Å². The first-order chi connectivity index (χ1) is 10.3. The Hall–Kier alpha value is -1.00. The number of methoxy groups -OCH3 is 1. The van der Waals surface area contributed by atoms with Gasteiger partial charge in [0.25, 0.3) is 0 Å². The van der Waals surface area contributed by atoms with Crippen molar-refractivity contribution in [3.05, 3.63) is 15.8 Å². The number of carbonyl (C=O) groups is 1. The number of thiophene rings is 1. The largest absolute Gasteiger partial charge is 1.00 e. The van der Waals surface area contributed by atoms with Gasteiger partial charge in [-0.2, -0.15) is 11.3 Å². The zero-order valence-corrected chi connectivity index (χ0v) is 15.7. The molecule has 0 aliphatic carbocycles. The van der Waals surface area contributed by atoms with E-state index in [1.165, 1.54) is 11.3 Å². The molecule has 8 heteroatoms. The van der Waals surface area contributed by atoms with Gasteiger partial charge in [-0.3, -0.25) is 0 Å². The van der Waals surface area contributed by atoms with E-state index in [1.54, 1.807) is 12.0 Å². The van der Waals surface area contributed by atoms with Crippen LogP contribution in [0.5, 0.6) is 5.75 Å². The van der Waals surface area contributed by atoms with Gasteiger partial charge in [0.2, 0.25) is 0 Å². The second kappa shape index (κ2) is 9.47. The maximum absolute atomic E-state index is 12.0. The molecule has 0 atom stereocenters. The van der Waals surface area contributed by atoms with E-state index < -0.39 is 5.60 Å². The Morgan fingerprint density at radius 1 is 1.33 bits per heavy atom. The second-order valence-electron chi connectivity index (χ2n) is 6.39. The van der Waals surface area contributed by atoms with Crippen LogP contribution < -0.4 is 23.6 Å². The van der Waals surface area contributed by atoms with Crippen molar-refractivity contribution >= 4 is 23.7 Å². The standard InChI is InChI=1S/C16H22NO4S.Li.H2O/c1-16(2,3)21-15(19)17-7-5-11(6-8-17)13-9-12(20-4)14(10-18)22-13;;/h9,11H,5-8H2,1-4H3;;1H2/q-1;+1;/p-1. The van der Waals surface area contributed by atoms with Crippen molar-refractivity contribution < 1.29 is 43.4 Å². The molecule has 0 radical (unpaired) electrons. The molecule has 1 amide bonds. The fraction of sp³-hybridized carbons (Fsp3) is 0.625. The van der Waals surface area contributed by atoms with Gasteiger partial charge < -0.3 is 24.6 Å². The topological polar surface area (TPSA) is 85.8 Å². The van der Waals surface area contributed by atoms with E-state index in [0.29, 0.717) is 29.6 Å². The molecule has 0 saturated carbocycles. The number of piperidine rings is 1. The molecule has 1 aliphatic heterocycles. The molecule has 1 fully saturated rings. The molecule has 0 bridgehead atoms. The minimum atomic E-state index is -0.469. The van der Waals surface area contributed by atoms with Crippen LogP contribution in [0.3, 0.4) is 0 Å². The monoisotopic (exact) mass is 348 g/mol. The van der Waals surface area contributed by atoms with E-state index in [0.717, 1.165) is 17.7 Å². The van der Waals surface area contributed by atoms with E-state index in [4.69, 9.17) is 9.47 Å². The van der Waals surface area contributed by atoms with Crippen molar-refractivity contribution in [2.75, 3.05) is 20.2 Å². The van der Waals surface area contributed by atoms with E-state index in [-0.39, 0.29) is 30.4 Å². The molecule has 0 unspecified atom stereocenters. The molecule has 2 heterocycles. The van der Waals surface area contributed by atoms with Gasteiger partial charge in [-0.1, -0.05) is 10.9 Å². The average Bonchev–Trinajstić information content (AvgIpc) is 2.89. The zero-order chi connectivity index (χ0) is 16.3. The van der Waals surface area contributed by atoms with Crippen LogP contribution in [0.25, 0.3) is 0 Å². The predicted octanol–water partition coefficient (Wildman–Crippen LogP) is 0.156. The van der Waals surface area contributed by atoms with E-state index in [1.807, 2.05) is 33.1 Å². The van der Waals surface area contributed by atoms with Crippen LogP contribution >= 0.6 is 11.3 Å². The molecule has 1 aromatic heterocycles. The molecule has 1 saturated heterocycles. The third kappa shape index (κ3) is 5.82. The van der Waals surface area contributed by atoms with E-state index >= 15 is 0 Å². The maximum atomic E-state index is 12.0. The average molecular weight is 348 g/mol. The van der Waals surface area contributed by atoms with Gasteiger partial charge in [-0.15, -0.1) is 0 Å². The summed E-state index contributed by atoms with van der Waals surface area (Å²) >= 11 is 1.43. The van der Waals surface area contributed by atoms with Gasteiger partial charge in [0.1, 0.15) is 5.60 Å². The van der Waals surface area contributed by atoms with E-state index in [9.17, 15) is 9.59 Å². The molecular weight excluding hydrogens is 325 g/mol. The van der Waals surface area contributed by atoms with Crippen molar-refractivity contribution in [3.8, 4) is 5.75 Å². The zero-order valence-electron chi connectivity index (χ0n) is 14.9. The predicted molar refractivity (Wildman–Crippen MR) is 87.4 cm³/mol. The fourth-order valence-corrected chi connectivity index (χ4v) is 3.58. The summed E-state index contributed by atoms with van der Waals surface area (Å²) in [5, 5.41) is 0. The van der Waals surface area contributed by atoms with Crippen molar-refractivity contribution in [2.45, 2.75) is 45.1 Å². The summed E-state index contributed by atoms with van der Waals surface area (Å²) < 4.78 is 10.6. The van der Waals surface area contributed by atoms with Gasteiger partial charge in [0.05, 0.1) is 7.11 Å². The third-order valence-electron chi connectivity index (χ3n) is 3.58. The molecule has 0 aromatic carbocycles. The molecule has 1 aliphatic rings. The summed E-state index contributed by atoms with van der Waals surface area (Å²) in [4.78, 5) is 26.3. The van der Waals surface area contributed by atoms with Crippen LogP contribution in [0, 0.1) is 0 Å². The van der Waals surface area contributed by atoms with Crippen LogP contribution in [0.1, 0.15) is 49.3 Å². The Morgan fingerprint density at radius 3 is 2.33 bits per heavy atom. The van der Waals surface area contributed by atoms with Crippen molar-refractivity contribution in [1.29, 1.82) is 0 Å². The second-order valence-corrected chi connectivity index (χ2v) is 7.47. The molecule has 2 rings (SSSR count). The van der Waals surface area contributed by atoms with Crippen LogP contribution in [0.2, 0.25) is 0 Å². The van der Waals surface area contributed by atoms with Gasteiger partial charge in [0, 0.05) is 19.4 Å². The van der Waals surface area contributed by atoms with Crippen LogP contribution in [0.15, 0.2) is 6.07 Å². The molecule has 130 valence electrons. The Morgan fingerprint density at radius 2 is 1.92 bits per heavy atom. The fourth-order valence-electron chi connectivity index (χ4n) is 2.49. The molecule has 6 nitrogen and oxygen atoms in total. The minimum absolute atomic E-state index is 0. The first-order valence-electron chi connectivity index (χ1n) is 7.38. The summed E-state index contributed by atoms with van der Waals surface area (Å²) in [6, 6.07) is 1.92. The van der Waals surface area contributed by atoms with Crippen molar-refractivity contribution in [3.63, 3.8) is 0 Å². The minimum Gasteiger partial charge on any atom is -0.870 e. The SMILES string of the molecule is COc1cc(C2CCN(C(=O)OC(C)(C)C)CC2)sc1[C-]=O.[Li+].[OH-]. The van der Waals surface area contributed by atoms with Crippen molar-refractivity contribution in [1.82, 2.24) is 4.90 Å². The van der Waals surface area contributed by atoms with Crippen LogP contribution in [-0.2, 0) is 9.53 Å². The third-order valence-corrected chi connectivity index (χ3v) is 4.75. The summed E-state index contributed by atoms with van der Waals surface area (Å²) in [7, 11) is 1.55. The molecule has 1 aromatic rings. The quantitative estimate of drug-likeness (QED) is 0.574. The molecule has 0 spiro atoms. The smallest absolute Gasteiger partial charge is 0.870 e. The molecule has 1 N–H and O–H groups in total. The number of hydrogen-bond donors (Lipinski definition) is 0. The van der Waals surface area contributed by atoms with Crippen molar-refractivity contribution in [2.24, 2.45) is 0 Å². The van der Waals surface area contributed by atoms with Crippen LogP contribution in [-0.4, -0.2) is 48.6 Å². The van der Waals surface area contributed by atoms with Crippen LogP contribution in [0.4, 0.5) is 4.79 Å². The Bertz CT molecular complexity index is 547. The molecule has 24 heavy (non-hydrogen) atoms.